The summed E-state index contributed by atoms with van der Waals surface area (Å²) in [6.45, 7) is -0.417. The van der Waals surface area contributed by atoms with Gasteiger partial charge < -0.3 is 15.3 Å². The summed E-state index contributed by atoms with van der Waals surface area (Å²) in [6, 6.07) is 0. The Morgan fingerprint density at radius 3 is 1.89 bits per heavy atom. The lowest BCUT2D eigenvalue weighted by Crippen LogP contribution is -2.40. The lowest BCUT2D eigenvalue weighted by Gasteiger charge is -2.21. The van der Waals surface area contributed by atoms with Crippen LogP contribution in [0.4, 0.5) is 0 Å². The van der Waals surface area contributed by atoms with Crippen molar-refractivity contribution >= 4 is 0 Å². The van der Waals surface area contributed by atoms with Crippen LogP contribution in [0.15, 0.2) is 0 Å². The highest BCUT2D eigenvalue weighted by Gasteiger charge is 2.15. The molecule has 2 atom stereocenters. The van der Waals surface area contributed by atoms with Crippen molar-refractivity contribution in [1.29, 1.82) is 0 Å². The topological polar surface area (TPSA) is 63.9 Å². The molecule has 9 heavy (non-hydrogen) atoms. The van der Waals surface area contributed by atoms with Gasteiger partial charge in [0.25, 0.3) is 0 Å². The quantitative estimate of drug-likeness (QED) is 0.400. The first kappa shape index (κ1) is 8.84. The largest absolute Gasteiger partial charge is 0.394 e. The van der Waals surface area contributed by atoms with Gasteiger partial charge in [-0.25, -0.2) is 0 Å². The SMILES string of the molecule is CN(C)C(O)C(O)CO. The third kappa shape index (κ3) is 2.76. The van der Waals surface area contributed by atoms with E-state index in [4.69, 9.17) is 15.3 Å². The van der Waals surface area contributed by atoms with E-state index >= 15 is 0 Å². The number of aliphatic hydroxyl groups is 3. The van der Waals surface area contributed by atoms with Gasteiger partial charge in [-0.3, -0.25) is 4.90 Å². The molecule has 0 saturated carbocycles. The maximum absolute atomic E-state index is 8.91. The average molecular weight is 135 g/mol. The first-order chi connectivity index (χ1) is 4.09. The van der Waals surface area contributed by atoms with Crippen molar-refractivity contribution < 1.29 is 15.3 Å². The van der Waals surface area contributed by atoms with Crippen LogP contribution in [0.5, 0.6) is 0 Å². The lowest BCUT2D eigenvalue weighted by atomic mass is 10.3. The molecule has 0 heterocycles. The Bertz CT molecular complexity index is 76.6. The molecule has 0 fully saturated rings. The molecular formula is C5H13NO3. The van der Waals surface area contributed by atoms with E-state index in [1.54, 1.807) is 14.1 Å². The molecule has 2 unspecified atom stereocenters. The van der Waals surface area contributed by atoms with Crippen LogP contribution in [-0.4, -0.2) is 53.3 Å². The van der Waals surface area contributed by atoms with E-state index in [9.17, 15) is 0 Å². The van der Waals surface area contributed by atoms with Gasteiger partial charge in [-0.2, -0.15) is 0 Å². The van der Waals surface area contributed by atoms with Crippen LogP contribution in [-0.2, 0) is 0 Å². The zero-order chi connectivity index (χ0) is 7.44. The average Bonchev–Trinajstić information content (AvgIpc) is 1.84. The number of hydrogen-bond acceptors (Lipinski definition) is 4. The molecule has 0 aliphatic heterocycles. The van der Waals surface area contributed by atoms with E-state index in [1.165, 1.54) is 4.90 Å². The first-order valence-electron chi connectivity index (χ1n) is 2.73. The van der Waals surface area contributed by atoms with Crippen LogP contribution >= 0.6 is 0 Å². The van der Waals surface area contributed by atoms with Crippen molar-refractivity contribution in [2.45, 2.75) is 12.3 Å². The zero-order valence-electron chi connectivity index (χ0n) is 5.65. The fourth-order valence-electron chi connectivity index (χ4n) is 0.438. The minimum absolute atomic E-state index is 0.417. The van der Waals surface area contributed by atoms with E-state index < -0.39 is 18.9 Å². The molecule has 0 aromatic carbocycles. The van der Waals surface area contributed by atoms with E-state index in [2.05, 4.69) is 0 Å². The predicted octanol–water partition coefficient (Wildman–Crippen LogP) is -1.78. The molecule has 0 spiro atoms. The van der Waals surface area contributed by atoms with Crippen LogP contribution < -0.4 is 0 Å². The predicted molar refractivity (Wildman–Crippen MR) is 32.8 cm³/mol. The molecule has 0 aliphatic rings. The van der Waals surface area contributed by atoms with Crippen LogP contribution in [0, 0.1) is 0 Å². The Kier molecular flexibility index (Phi) is 3.72. The van der Waals surface area contributed by atoms with Crippen molar-refractivity contribution in [3.8, 4) is 0 Å². The number of hydrogen-bond donors (Lipinski definition) is 3. The van der Waals surface area contributed by atoms with Gasteiger partial charge in [-0.1, -0.05) is 0 Å². The highest BCUT2D eigenvalue weighted by Crippen LogP contribution is 1.93. The number of rotatable bonds is 3. The van der Waals surface area contributed by atoms with Gasteiger partial charge in [0.1, 0.15) is 12.3 Å². The van der Waals surface area contributed by atoms with E-state index in [1.807, 2.05) is 0 Å². The van der Waals surface area contributed by atoms with Crippen molar-refractivity contribution in [2.24, 2.45) is 0 Å². The molecule has 0 radical (unpaired) electrons. The molecule has 0 aliphatic carbocycles. The summed E-state index contributed by atoms with van der Waals surface area (Å²) in [6.07, 6.45) is -2.05. The van der Waals surface area contributed by atoms with Gasteiger partial charge in [0.05, 0.1) is 6.61 Å². The third-order valence-corrected chi connectivity index (χ3v) is 1.06. The molecule has 4 heteroatoms. The van der Waals surface area contributed by atoms with Gasteiger partial charge in [-0.15, -0.1) is 0 Å². The standard InChI is InChI=1S/C5H13NO3/c1-6(2)5(9)4(8)3-7/h4-5,7-9H,3H2,1-2H3. The smallest absolute Gasteiger partial charge is 0.135 e. The molecule has 0 aromatic rings. The Labute approximate surface area is 54.3 Å². The van der Waals surface area contributed by atoms with E-state index in [0.29, 0.717) is 0 Å². The van der Waals surface area contributed by atoms with Gasteiger partial charge >= 0.3 is 0 Å². The van der Waals surface area contributed by atoms with Crippen molar-refractivity contribution in [3.05, 3.63) is 0 Å². The normalized spacial score (nSPS) is 18.0. The summed E-state index contributed by atoms with van der Waals surface area (Å²) in [5.74, 6) is 0. The molecule has 4 nitrogen and oxygen atoms in total. The molecule has 56 valence electrons. The highest BCUT2D eigenvalue weighted by atomic mass is 16.4. The van der Waals surface area contributed by atoms with Crippen LogP contribution in [0.3, 0.4) is 0 Å². The second-order valence-electron chi connectivity index (χ2n) is 2.13. The molecule has 0 rings (SSSR count). The molecule has 0 amide bonds. The van der Waals surface area contributed by atoms with Gasteiger partial charge in [0.15, 0.2) is 0 Å². The van der Waals surface area contributed by atoms with Crippen molar-refractivity contribution in [2.75, 3.05) is 20.7 Å². The fraction of sp³-hybridized carbons (Fsp3) is 1.00. The van der Waals surface area contributed by atoms with Gasteiger partial charge in [0.2, 0.25) is 0 Å². The molecular weight excluding hydrogens is 122 g/mol. The Balaban J connectivity index is 3.58. The summed E-state index contributed by atoms with van der Waals surface area (Å²) in [4.78, 5) is 1.42. The summed E-state index contributed by atoms with van der Waals surface area (Å²) >= 11 is 0. The Morgan fingerprint density at radius 2 is 1.78 bits per heavy atom. The Morgan fingerprint density at radius 1 is 1.33 bits per heavy atom. The zero-order valence-corrected chi connectivity index (χ0v) is 5.65. The second-order valence-corrected chi connectivity index (χ2v) is 2.13. The van der Waals surface area contributed by atoms with Crippen LogP contribution in [0.2, 0.25) is 0 Å². The third-order valence-electron chi connectivity index (χ3n) is 1.06. The highest BCUT2D eigenvalue weighted by molar-refractivity contribution is 4.61. The molecule has 0 saturated heterocycles. The van der Waals surface area contributed by atoms with Gasteiger partial charge in [-0.05, 0) is 14.1 Å². The Hall–Kier alpha value is -0.160. The van der Waals surface area contributed by atoms with Crippen LogP contribution in [0.25, 0.3) is 0 Å². The molecule has 0 bridgehead atoms. The second kappa shape index (κ2) is 3.79. The van der Waals surface area contributed by atoms with Gasteiger partial charge in [0, 0.05) is 0 Å². The van der Waals surface area contributed by atoms with Crippen molar-refractivity contribution in [3.63, 3.8) is 0 Å². The maximum Gasteiger partial charge on any atom is 0.135 e. The fourth-order valence-corrected chi connectivity index (χ4v) is 0.438. The minimum atomic E-state index is -1.07. The summed E-state index contributed by atoms with van der Waals surface area (Å²) in [7, 11) is 3.23. The number of aliphatic hydroxyl groups excluding tert-OH is 3. The first-order valence-corrected chi connectivity index (χ1v) is 2.73. The summed E-state index contributed by atoms with van der Waals surface area (Å²) in [5.41, 5.74) is 0. The molecule has 0 aromatic heterocycles. The lowest BCUT2D eigenvalue weighted by molar-refractivity contribution is -0.0807. The van der Waals surface area contributed by atoms with Crippen LogP contribution in [0.1, 0.15) is 0 Å². The monoisotopic (exact) mass is 135 g/mol. The summed E-state index contributed by atoms with van der Waals surface area (Å²) in [5, 5.41) is 26.0. The van der Waals surface area contributed by atoms with E-state index in [-0.39, 0.29) is 0 Å². The maximum atomic E-state index is 8.91. The van der Waals surface area contributed by atoms with Crippen molar-refractivity contribution in [1.82, 2.24) is 4.90 Å². The number of nitrogens with zero attached hydrogens (tertiary/aromatic N) is 1. The number of likely N-dealkylation sites (N-methyl/N-ethyl adjacent to an activating group) is 1. The van der Waals surface area contributed by atoms with E-state index in [0.717, 1.165) is 0 Å². The minimum Gasteiger partial charge on any atom is -0.394 e. The summed E-state index contributed by atoms with van der Waals surface area (Å²) < 4.78 is 0. The molecule has 3 N–H and O–H groups in total.